The fraction of sp³-hybridized carbons (Fsp3) is 0.907. The van der Waals surface area contributed by atoms with Gasteiger partial charge >= 0.3 is 5.97 Å². The number of carbonyl (C=O) groups excluding carboxylic acids is 4. The maximum Gasteiger partial charge on any atom is 0.339 e. The van der Waals surface area contributed by atoms with Gasteiger partial charge in [0.25, 0.3) is 5.91 Å². The lowest BCUT2D eigenvalue weighted by molar-refractivity contribution is -0.161. The van der Waals surface area contributed by atoms with Crippen molar-refractivity contribution in [3.05, 3.63) is 0 Å². The van der Waals surface area contributed by atoms with Gasteiger partial charge in [0, 0.05) is 19.3 Å². The number of carboxylic acids is 1. The molecule has 4 N–H and O–H groups in total. The van der Waals surface area contributed by atoms with Crippen molar-refractivity contribution < 1.29 is 39.3 Å². The van der Waals surface area contributed by atoms with Crippen molar-refractivity contribution in [1.82, 2.24) is 5.32 Å². The number of unbranched alkanes of at least 4 members (excludes halogenated alkanes) is 36. The summed E-state index contributed by atoms with van der Waals surface area (Å²) in [6.07, 6.45) is 39.5. The summed E-state index contributed by atoms with van der Waals surface area (Å²) >= 11 is 4.66. The third-order valence-electron chi connectivity index (χ3n) is 13.4. The number of thiol groups is 1. The molecule has 0 rings (SSSR count). The van der Waals surface area contributed by atoms with Crippen LogP contribution < -0.4 is 5.32 Å². The lowest BCUT2D eigenvalue weighted by atomic mass is 9.70. The van der Waals surface area contributed by atoms with E-state index in [2.05, 4.69) is 38.7 Å². The van der Waals surface area contributed by atoms with E-state index in [1.165, 1.54) is 148 Å². The Labute approximate surface area is 398 Å². The molecule has 0 aromatic heterocycles. The first-order valence-electron chi connectivity index (χ1n) is 27.2. The number of hydrogen-bond acceptors (Lipinski definition) is 8. The molecule has 0 fully saturated rings. The van der Waals surface area contributed by atoms with E-state index in [4.69, 9.17) is 0 Å². The second-order valence-electron chi connectivity index (χ2n) is 19.2. The van der Waals surface area contributed by atoms with Crippen LogP contribution in [0.15, 0.2) is 0 Å². The van der Waals surface area contributed by atoms with Crippen LogP contribution in [0, 0.1) is 0 Å². The van der Waals surface area contributed by atoms with E-state index in [1.54, 1.807) is 0 Å². The second kappa shape index (κ2) is 42.6. The SMILES string of the molecule is CCCCCCCCCCCCCCCC(=O)C(S)(C(=O)CCCCCCCCCCCCCCC)C(NC(=O)C(O)CO)(C(=O)O)C(=O)CCCCCCCCCCCCCCC. The zero-order valence-electron chi connectivity index (χ0n) is 41.8. The Kier molecular flexibility index (Phi) is 41.4. The number of Topliss-reactive ketones (excluding diaryl/α,β-unsaturated/α-hetero) is 3. The van der Waals surface area contributed by atoms with Crippen LogP contribution in [-0.2, 0) is 24.0 Å². The van der Waals surface area contributed by atoms with Gasteiger partial charge in [-0.15, -0.1) is 0 Å². The molecule has 0 bridgehead atoms. The summed E-state index contributed by atoms with van der Waals surface area (Å²) in [4.78, 5) is 70.1. The molecule has 0 saturated heterocycles. The topological polar surface area (TPSA) is 158 Å². The minimum absolute atomic E-state index is 0.176. The summed E-state index contributed by atoms with van der Waals surface area (Å²) in [7, 11) is 0. The Morgan fingerprint density at radius 3 is 0.844 bits per heavy atom. The lowest BCUT2D eigenvalue weighted by Crippen LogP contribution is -2.76. The highest BCUT2D eigenvalue weighted by Gasteiger charge is 2.67. The summed E-state index contributed by atoms with van der Waals surface area (Å²) < 4.78 is -2.70. The number of carboxylic acid groups (broad SMARTS) is 1. The summed E-state index contributed by atoms with van der Waals surface area (Å²) in [6.45, 7) is 5.64. The van der Waals surface area contributed by atoms with Gasteiger partial charge in [0.2, 0.25) is 5.54 Å². The molecule has 0 aliphatic rings. The number of carbonyl (C=O) groups is 5. The Hall–Kier alpha value is -1.78. The van der Waals surface area contributed by atoms with E-state index in [9.17, 15) is 39.3 Å². The third kappa shape index (κ3) is 27.8. The van der Waals surface area contributed by atoms with E-state index in [0.717, 1.165) is 64.2 Å². The normalized spacial score (nSPS) is 13.2. The van der Waals surface area contributed by atoms with Crippen LogP contribution in [0.4, 0.5) is 0 Å². The van der Waals surface area contributed by atoms with Crippen LogP contribution in [-0.4, -0.2) is 67.5 Å². The Balaban J connectivity index is 5.78. The Morgan fingerprint density at radius 2 is 0.625 bits per heavy atom. The van der Waals surface area contributed by atoms with E-state index in [-0.39, 0.29) is 19.3 Å². The minimum Gasteiger partial charge on any atom is -0.479 e. The fourth-order valence-corrected chi connectivity index (χ4v) is 9.57. The number of aliphatic hydroxyl groups excluding tert-OH is 2. The number of hydrogen-bond donors (Lipinski definition) is 5. The van der Waals surface area contributed by atoms with Crippen LogP contribution in [0.3, 0.4) is 0 Å². The van der Waals surface area contributed by atoms with Crippen LogP contribution >= 0.6 is 12.6 Å². The molecule has 0 aliphatic carbocycles. The molecule has 0 saturated carbocycles. The van der Waals surface area contributed by atoms with Crippen molar-refractivity contribution in [2.24, 2.45) is 0 Å². The van der Waals surface area contributed by atoms with Crippen molar-refractivity contribution in [2.45, 2.75) is 307 Å². The third-order valence-corrected chi connectivity index (χ3v) is 14.2. The number of aliphatic hydroxyl groups is 2. The molecule has 0 radical (unpaired) electrons. The molecular weight excluding hydrogens is 823 g/mol. The molecule has 2 unspecified atom stereocenters. The first-order chi connectivity index (χ1) is 31.0. The van der Waals surface area contributed by atoms with Gasteiger partial charge in [-0.05, 0) is 19.3 Å². The monoisotopic (exact) mass is 924 g/mol. The minimum atomic E-state index is -3.05. The first-order valence-corrected chi connectivity index (χ1v) is 27.6. The van der Waals surface area contributed by atoms with E-state index < -0.39 is 52.2 Å². The molecule has 2 atom stereocenters. The maximum absolute atomic E-state index is 14.4. The molecule has 1 amide bonds. The smallest absolute Gasteiger partial charge is 0.339 e. The number of aliphatic carboxylic acids is 1. The predicted octanol–water partition coefficient (Wildman–Crippen LogP) is 14.1. The van der Waals surface area contributed by atoms with Crippen molar-refractivity contribution in [1.29, 1.82) is 0 Å². The number of ketones is 3. The van der Waals surface area contributed by atoms with Gasteiger partial charge in [0.15, 0.2) is 28.2 Å². The molecule has 0 aliphatic heterocycles. The van der Waals surface area contributed by atoms with Gasteiger partial charge in [0.1, 0.15) is 0 Å². The summed E-state index contributed by atoms with van der Waals surface area (Å²) in [5, 5.41) is 33.1. The van der Waals surface area contributed by atoms with Crippen molar-refractivity contribution in [3.8, 4) is 0 Å². The molecule has 376 valence electrons. The summed E-state index contributed by atoms with van der Waals surface area (Å²) in [6, 6.07) is 0. The van der Waals surface area contributed by atoms with Gasteiger partial charge in [-0.25, -0.2) is 4.79 Å². The fourth-order valence-electron chi connectivity index (χ4n) is 9.07. The highest BCUT2D eigenvalue weighted by molar-refractivity contribution is 7.84. The average molecular weight is 924 g/mol. The molecular formula is C54H101NO8S. The lowest BCUT2D eigenvalue weighted by Gasteiger charge is -2.42. The molecule has 0 heterocycles. The first kappa shape index (κ1) is 62.2. The molecule has 10 heteroatoms. The quantitative estimate of drug-likeness (QED) is 0.0229. The van der Waals surface area contributed by atoms with Crippen LogP contribution in [0.25, 0.3) is 0 Å². The average Bonchev–Trinajstić information content (AvgIpc) is 3.29. The van der Waals surface area contributed by atoms with Gasteiger partial charge in [-0.3, -0.25) is 19.2 Å². The van der Waals surface area contributed by atoms with Crippen molar-refractivity contribution in [3.63, 3.8) is 0 Å². The predicted molar refractivity (Wildman–Crippen MR) is 269 cm³/mol. The molecule has 0 aromatic rings. The number of rotatable bonds is 50. The number of nitrogens with one attached hydrogen (secondary N) is 1. The second-order valence-corrected chi connectivity index (χ2v) is 19.9. The van der Waals surface area contributed by atoms with Gasteiger partial charge in [-0.2, -0.15) is 12.6 Å². The summed E-state index contributed by atoms with van der Waals surface area (Å²) in [5.41, 5.74) is -3.05. The zero-order chi connectivity index (χ0) is 47.6. The van der Waals surface area contributed by atoms with Crippen LogP contribution in [0.5, 0.6) is 0 Å². The zero-order valence-corrected chi connectivity index (χ0v) is 42.7. The van der Waals surface area contributed by atoms with Gasteiger partial charge in [0.05, 0.1) is 6.61 Å². The van der Waals surface area contributed by atoms with Crippen LogP contribution in [0.2, 0.25) is 0 Å². The molecule has 64 heavy (non-hydrogen) atoms. The molecule has 9 nitrogen and oxygen atoms in total. The molecule has 0 aromatic carbocycles. The van der Waals surface area contributed by atoms with E-state index in [0.29, 0.717) is 38.5 Å². The standard InChI is InChI=1S/C54H101NO8S/c1-4-7-10-13-16-19-22-25-28-31-34-37-40-43-48(58)53(52(62)63,55-51(61)47(57)46-56)54(64,49(59)44-41-38-35-32-29-26-23-20-17-14-11-8-5-2)50(60)45-42-39-36-33-30-27-24-21-18-15-12-9-6-3/h47,56-57,64H,4-46H2,1-3H3,(H,55,61)(H,62,63). The highest BCUT2D eigenvalue weighted by Crippen LogP contribution is 2.38. The molecule has 0 spiro atoms. The highest BCUT2D eigenvalue weighted by atomic mass is 32.1. The van der Waals surface area contributed by atoms with Gasteiger partial charge < -0.3 is 20.6 Å². The van der Waals surface area contributed by atoms with Gasteiger partial charge in [-0.1, -0.05) is 252 Å². The van der Waals surface area contributed by atoms with E-state index >= 15 is 0 Å². The number of amides is 1. The van der Waals surface area contributed by atoms with Crippen molar-refractivity contribution in [2.75, 3.05) is 6.61 Å². The summed E-state index contributed by atoms with van der Waals surface area (Å²) in [5.74, 6) is -5.81. The maximum atomic E-state index is 14.4. The van der Waals surface area contributed by atoms with Crippen molar-refractivity contribution >= 4 is 41.9 Å². The van der Waals surface area contributed by atoms with Crippen LogP contribution in [0.1, 0.15) is 290 Å². The Morgan fingerprint density at radius 1 is 0.406 bits per heavy atom. The van der Waals surface area contributed by atoms with E-state index in [1.807, 2.05) is 0 Å². The Bertz CT molecular complexity index is 1140. The largest absolute Gasteiger partial charge is 0.479 e.